The Bertz CT molecular complexity index is 903. The lowest BCUT2D eigenvalue weighted by molar-refractivity contribution is 0.0790. The third-order valence-corrected chi connectivity index (χ3v) is 3.85. The van der Waals surface area contributed by atoms with Gasteiger partial charge in [-0.05, 0) is 18.2 Å². The molecule has 0 aliphatic carbocycles. The molecule has 1 aromatic heterocycles. The quantitative estimate of drug-likeness (QED) is 0.669. The largest absolute Gasteiger partial charge is 0.315 e. The van der Waals surface area contributed by atoms with Gasteiger partial charge in [-0.3, -0.25) is 4.79 Å². The molecule has 2 aromatic carbocycles. The highest BCUT2D eigenvalue weighted by atomic mass is 16.2. The Morgan fingerprint density at radius 1 is 0.962 bits per heavy atom. The highest BCUT2D eigenvalue weighted by molar-refractivity contribution is 5.94. The van der Waals surface area contributed by atoms with Crippen LogP contribution in [0.4, 0.5) is 0 Å². The topological polar surface area (TPSA) is 38.1 Å². The van der Waals surface area contributed by atoms with Crippen LogP contribution in [0.5, 0.6) is 0 Å². The molecule has 0 radical (unpaired) electrons. The molecule has 3 aromatic rings. The van der Waals surface area contributed by atoms with E-state index < -0.39 is 0 Å². The van der Waals surface area contributed by atoms with Crippen molar-refractivity contribution < 1.29 is 4.79 Å². The molecule has 0 N–H and O–H groups in total. The highest BCUT2D eigenvalue weighted by Gasteiger charge is 2.20. The molecule has 0 saturated carbocycles. The molecular formula is C22H17N3O. The van der Waals surface area contributed by atoms with E-state index in [0.29, 0.717) is 5.69 Å². The highest BCUT2D eigenvalue weighted by Crippen LogP contribution is 2.24. The number of carbonyl (C=O) groups is 1. The van der Waals surface area contributed by atoms with Crippen molar-refractivity contribution >= 4 is 5.91 Å². The van der Waals surface area contributed by atoms with E-state index in [9.17, 15) is 4.79 Å². The van der Waals surface area contributed by atoms with E-state index in [2.05, 4.69) is 16.9 Å². The summed E-state index contributed by atoms with van der Waals surface area (Å²) >= 11 is 0. The molecule has 126 valence electrons. The fourth-order valence-corrected chi connectivity index (χ4v) is 2.65. The van der Waals surface area contributed by atoms with E-state index >= 15 is 0 Å². The molecule has 4 heteroatoms. The number of nitrogens with zero attached hydrogens (tertiary/aromatic N) is 3. The van der Waals surface area contributed by atoms with Crippen LogP contribution in [-0.4, -0.2) is 33.7 Å². The van der Waals surface area contributed by atoms with Crippen molar-refractivity contribution in [2.45, 2.75) is 0 Å². The first-order valence-electron chi connectivity index (χ1n) is 8.11. The van der Waals surface area contributed by atoms with Crippen LogP contribution < -0.4 is 0 Å². The molecule has 0 saturated heterocycles. The maximum Gasteiger partial charge on any atom is 0.275 e. The maximum atomic E-state index is 12.8. The van der Waals surface area contributed by atoms with Gasteiger partial charge in [0.1, 0.15) is 0 Å². The Morgan fingerprint density at radius 3 is 2.12 bits per heavy atom. The van der Waals surface area contributed by atoms with E-state index in [-0.39, 0.29) is 19.0 Å². The molecule has 1 amide bonds. The van der Waals surface area contributed by atoms with Crippen LogP contribution in [0.25, 0.3) is 16.9 Å². The van der Waals surface area contributed by atoms with Crippen LogP contribution in [0, 0.1) is 24.7 Å². The van der Waals surface area contributed by atoms with Crippen LogP contribution in [-0.2, 0) is 0 Å². The van der Waals surface area contributed by atoms with Gasteiger partial charge < -0.3 is 4.90 Å². The smallest absolute Gasteiger partial charge is 0.275 e. The van der Waals surface area contributed by atoms with E-state index in [0.717, 1.165) is 16.9 Å². The Balaban J connectivity index is 2.09. The maximum absolute atomic E-state index is 12.8. The normalized spacial score (nSPS) is 9.92. The summed E-state index contributed by atoms with van der Waals surface area (Å²) in [6.45, 7) is 0.282. The van der Waals surface area contributed by atoms with E-state index in [1.807, 2.05) is 60.7 Å². The number of amides is 1. The molecule has 0 aliphatic heterocycles. The van der Waals surface area contributed by atoms with Crippen LogP contribution in [0.3, 0.4) is 0 Å². The van der Waals surface area contributed by atoms with Crippen LogP contribution in [0.15, 0.2) is 66.7 Å². The van der Waals surface area contributed by atoms with Gasteiger partial charge in [0.25, 0.3) is 5.91 Å². The SMILES string of the molecule is C#CCN(CC#C)C(=O)c1cc(-c2ccccc2)n(-c2ccccc2)n1. The molecule has 3 rings (SSSR count). The van der Waals surface area contributed by atoms with Gasteiger partial charge in [0.2, 0.25) is 0 Å². The summed E-state index contributed by atoms with van der Waals surface area (Å²) in [5.74, 6) is 4.64. The summed E-state index contributed by atoms with van der Waals surface area (Å²) in [5, 5.41) is 4.53. The van der Waals surface area contributed by atoms with Gasteiger partial charge in [-0.25, -0.2) is 4.68 Å². The third-order valence-electron chi connectivity index (χ3n) is 3.85. The zero-order valence-corrected chi connectivity index (χ0v) is 14.2. The minimum Gasteiger partial charge on any atom is -0.315 e. The van der Waals surface area contributed by atoms with Gasteiger partial charge in [0.05, 0.1) is 24.5 Å². The summed E-state index contributed by atoms with van der Waals surface area (Å²) < 4.78 is 1.76. The summed E-state index contributed by atoms with van der Waals surface area (Å²) in [7, 11) is 0. The Hall–Kier alpha value is -3.76. The first-order chi connectivity index (χ1) is 12.7. The fourth-order valence-electron chi connectivity index (χ4n) is 2.65. The minimum atomic E-state index is -0.284. The van der Waals surface area contributed by atoms with E-state index in [1.54, 1.807) is 10.7 Å². The number of aromatic nitrogens is 2. The van der Waals surface area contributed by atoms with Gasteiger partial charge >= 0.3 is 0 Å². The monoisotopic (exact) mass is 339 g/mol. The molecule has 0 spiro atoms. The third kappa shape index (κ3) is 3.50. The zero-order chi connectivity index (χ0) is 18.4. The molecule has 0 atom stereocenters. The van der Waals surface area contributed by atoms with Crippen LogP contribution >= 0.6 is 0 Å². The first-order valence-corrected chi connectivity index (χ1v) is 8.11. The molecule has 0 bridgehead atoms. The first kappa shape index (κ1) is 17.1. The lowest BCUT2D eigenvalue weighted by atomic mass is 10.1. The predicted octanol–water partition coefficient (Wildman–Crippen LogP) is 3.25. The molecule has 1 heterocycles. The molecule has 26 heavy (non-hydrogen) atoms. The van der Waals surface area contributed by atoms with Crippen molar-refractivity contribution in [2.75, 3.05) is 13.1 Å². The van der Waals surface area contributed by atoms with Gasteiger partial charge in [0.15, 0.2) is 5.69 Å². The molecule has 0 aliphatic rings. The van der Waals surface area contributed by atoms with Gasteiger partial charge in [-0.1, -0.05) is 60.4 Å². The Morgan fingerprint density at radius 2 is 1.54 bits per heavy atom. The molecule has 4 nitrogen and oxygen atoms in total. The van der Waals surface area contributed by atoms with Crippen molar-refractivity contribution in [1.82, 2.24) is 14.7 Å². The van der Waals surface area contributed by atoms with E-state index in [1.165, 1.54) is 4.90 Å². The number of rotatable bonds is 5. The van der Waals surface area contributed by atoms with E-state index in [4.69, 9.17) is 12.8 Å². The Kier molecular flexibility index (Phi) is 5.17. The second kappa shape index (κ2) is 7.88. The summed E-state index contributed by atoms with van der Waals surface area (Å²) in [6, 6.07) is 21.2. The second-order valence-electron chi connectivity index (χ2n) is 5.60. The van der Waals surface area contributed by atoms with Crippen LogP contribution in [0.2, 0.25) is 0 Å². The average Bonchev–Trinajstić information content (AvgIpc) is 3.14. The second-order valence-corrected chi connectivity index (χ2v) is 5.60. The number of para-hydroxylation sites is 1. The summed E-state index contributed by atoms with van der Waals surface area (Å²) in [4.78, 5) is 14.2. The molecule has 0 unspecified atom stereocenters. The lowest BCUT2D eigenvalue weighted by Crippen LogP contribution is -2.32. The minimum absolute atomic E-state index is 0.141. The van der Waals surface area contributed by atoms with Crippen molar-refractivity contribution in [3.63, 3.8) is 0 Å². The number of hydrogen-bond acceptors (Lipinski definition) is 2. The average molecular weight is 339 g/mol. The number of carbonyl (C=O) groups excluding carboxylic acids is 1. The standard InChI is InChI=1S/C22H17N3O/c1-3-15-24(16-4-2)22(26)20-17-21(18-11-7-5-8-12-18)25(23-20)19-13-9-6-10-14-19/h1-2,5-14,17H,15-16H2. The number of hydrogen-bond donors (Lipinski definition) is 0. The van der Waals surface area contributed by atoms with Crippen LogP contribution in [0.1, 0.15) is 10.5 Å². The molecule has 0 fully saturated rings. The van der Waals surface area contributed by atoms with Gasteiger partial charge in [-0.2, -0.15) is 5.10 Å². The van der Waals surface area contributed by atoms with Crippen molar-refractivity contribution in [3.8, 4) is 41.6 Å². The number of terminal acetylenes is 2. The van der Waals surface area contributed by atoms with Crippen molar-refractivity contribution in [1.29, 1.82) is 0 Å². The summed E-state index contributed by atoms with van der Waals surface area (Å²) in [5.41, 5.74) is 2.95. The molecular weight excluding hydrogens is 322 g/mol. The Labute approximate surface area is 153 Å². The fraction of sp³-hybridized carbons (Fsp3) is 0.0909. The number of benzene rings is 2. The zero-order valence-electron chi connectivity index (χ0n) is 14.2. The summed E-state index contributed by atoms with van der Waals surface area (Å²) in [6.07, 6.45) is 10.7. The van der Waals surface area contributed by atoms with Gasteiger partial charge in [0, 0.05) is 5.56 Å². The predicted molar refractivity (Wildman–Crippen MR) is 103 cm³/mol. The lowest BCUT2D eigenvalue weighted by Gasteiger charge is -2.15. The van der Waals surface area contributed by atoms with Gasteiger partial charge in [-0.15, -0.1) is 12.8 Å². The van der Waals surface area contributed by atoms with Crippen molar-refractivity contribution in [3.05, 3.63) is 72.4 Å². The van der Waals surface area contributed by atoms with Crippen molar-refractivity contribution in [2.24, 2.45) is 0 Å².